The molecule has 0 spiro atoms. The number of benzene rings is 2. The topological polar surface area (TPSA) is 41.6 Å². The maximum atomic E-state index is 12.9. The van der Waals surface area contributed by atoms with Crippen LogP contribution >= 0.6 is 23.2 Å². The predicted molar refractivity (Wildman–Crippen MR) is 98.9 cm³/mol. The molecule has 0 aromatic heterocycles. The van der Waals surface area contributed by atoms with Crippen LogP contribution in [0.5, 0.6) is 0 Å². The SMILES string of the molecule is O=C(Nc1ccc(N2CCOCC2)c(Cl)c1)c1cccc(C(F)(F)F)c1Cl. The van der Waals surface area contributed by atoms with Gasteiger partial charge in [0.15, 0.2) is 0 Å². The number of ether oxygens (including phenoxy) is 1. The Morgan fingerprint density at radius 1 is 1.11 bits per heavy atom. The van der Waals surface area contributed by atoms with Gasteiger partial charge in [-0.15, -0.1) is 0 Å². The molecular weight excluding hydrogens is 404 g/mol. The van der Waals surface area contributed by atoms with E-state index in [1.54, 1.807) is 18.2 Å². The molecule has 0 radical (unpaired) electrons. The third-order valence-corrected chi connectivity index (χ3v) is 4.82. The number of nitrogens with zero attached hydrogens (tertiary/aromatic N) is 1. The molecule has 0 unspecified atom stereocenters. The van der Waals surface area contributed by atoms with Gasteiger partial charge in [-0.05, 0) is 30.3 Å². The predicted octanol–water partition coefficient (Wildman–Crippen LogP) is 5.10. The highest BCUT2D eigenvalue weighted by molar-refractivity contribution is 6.35. The summed E-state index contributed by atoms with van der Waals surface area (Å²) in [6.07, 6.45) is -4.64. The highest BCUT2D eigenvalue weighted by Gasteiger charge is 2.34. The van der Waals surface area contributed by atoms with Gasteiger partial charge in [0.2, 0.25) is 0 Å². The zero-order valence-electron chi connectivity index (χ0n) is 13.9. The van der Waals surface area contributed by atoms with E-state index in [-0.39, 0.29) is 5.56 Å². The minimum absolute atomic E-state index is 0.264. The fourth-order valence-corrected chi connectivity index (χ4v) is 3.39. The summed E-state index contributed by atoms with van der Waals surface area (Å²) in [7, 11) is 0. The zero-order valence-corrected chi connectivity index (χ0v) is 15.5. The second-order valence-electron chi connectivity index (χ2n) is 5.88. The number of hydrogen-bond donors (Lipinski definition) is 1. The van der Waals surface area contributed by atoms with Crippen LogP contribution in [0.2, 0.25) is 10.0 Å². The van der Waals surface area contributed by atoms with Crippen molar-refractivity contribution in [2.45, 2.75) is 6.18 Å². The quantitative estimate of drug-likeness (QED) is 0.753. The summed E-state index contributed by atoms with van der Waals surface area (Å²) in [5.74, 6) is -0.749. The molecule has 1 amide bonds. The van der Waals surface area contributed by atoms with Crippen molar-refractivity contribution in [2.75, 3.05) is 36.5 Å². The summed E-state index contributed by atoms with van der Waals surface area (Å²) in [5, 5.41) is 2.31. The van der Waals surface area contributed by atoms with E-state index in [9.17, 15) is 18.0 Å². The average molecular weight is 419 g/mol. The molecule has 4 nitrogen and oxygen atoms in total. The van der Waals surface area contributed by atoms with Crippen molar-refractivity contribution in [2.24, 2.45) is 0 Å². The van der Waals surface area contributed by atoms with Crippen LogP contribution in [0.25, 0.3) is 0 Å². The molecule has 0 bridgehead atoms. The molecule has 2 aromatic rings. The fourth-order valence-electron chi connectivity index (χ4n) is 2.77. The fraction of sp³-hybridized carbons (Fsp3) is 0.278. The minimum atomic E-state index is -4.64. The van der Waals surface area contributed by atoms with E-state index >= 15 is 0 Å². The third kappa shape index (κ3) is 4.48. The highest BCUT2D eigenvalue weighted by atomic mass is 35.5. The number of morpholine rings is 1. The zero-order chi connectivity index (χ0) is 19.6. The lowest BCUT2D eigenvalue weighted by atomic mass is 10.1. The number of alkyl halides is 3. The number of halogens is 5. The molecule has 9 heteroatoms. The molecule has 27 heavy (non-hydrogen) atoms. The first-order chi connectivity index (χ1) is 12.8. The van der Waals surface area contributed by atoms with Gasteiger partial charge < -0.3 is 15.0 Å². The van der Waals surface area contributed by atoms with E-state index < -0.39 is 22.7 Å². The Labute approximate surface area is 163 Å². The minimum Gasteiger partial charge on any atom is -0.378 e. The second kappa shape index (κ2) is 7.96. The number of carbonyl (C=O) groups excluding carboxylic acids is 1. The largest absolute Gasteiger partial charge is 0.417 e. The molecule has 0 atom stereocenters. The lowest BCUT2D eigenvalue weighted by Gasteiger charge is -2.29. The van der Waals surface area contributed by atoms with E-state index in [2.05, 4.69) is 10.2 Å². The monoisotopic (exact) mass is 418 g/mol. The summed E-state index contributed by atoms with van der Waals surface area (Å²) in [5.41, 5.74) is -0.164. The van der Waals surface area contributed by atoms with Crippen LogP contribution in [0.1, 0.15) is 15.9 Å². The molecule has 1 fully saturated rings. The molecule has 3 rings (SSSR count). The summed E-state index contributed by atoms with van der Waals surface area (Å²) in [6, 6.07) is 8.13. The standard InChI is InChI=1S/C18H15Cl2F3N2O2/c19-14-10-11(4-5-15(14)25-6-8-27-9-7-25)24-17(26)12-2-1-3-13(16(12)20)18(21,22)23/h1-5,10H,6-9H2,(H,24,26). The summed E-state index contributed by atoms with van der Waals surface area (Å²) >= 11 is 12.1. The number of anilines is 2. The Morgan fingerprint density at radius 2 is 1.81 bits per heavy atom. The normalized spacial score (nSPS) is 14.9. The van der Waals surface area contributed by atoms with Gasteiger partial charge in [-0.3, -0.25) is 4.79 Å². The van der Waals surface area contributed by atoms with Gasteiger partial charge in [0.1, 0.15) is 0 Å². The number of carbonyl (C=O) groups is 1. The lowest BCUT2D eigenvalue weighted by Crippen LogP contribution is -2.36. The maximum Gasteiger partial charge on any atom is 0.417 e. The molecule has 144 valence electrons. The molecular formula is C18H15Cl2F3N2O2. The van der Waals surface area contributed by atoms with Crippen LogP contribution in [0.3, 0.4) is 0 Å². The Kier molecular flexibility index (Phi) is 5.83. The second-order valence-corrected chi connectivity index (χ2v) is 6.67. The molecule has 0 aliphatic carbocycles. The van der Waals surface area contributed by atoms with Crippen LogP contribution < -0.4 is 10.2 Å². The van der Waals surface area contributed by atoms with Crippen molar-refractivity contribution in [1.82, 2.24) is 0 Å². The molecule has 1 saturated heterocycles. The van der Waals surface area contributed by atoms with Gasteiger partial charge in [0.25, 0.3) is 5.91 Å². The van der Waals surface area contributed by atoms with Gasteiger partial charge in [0, 0.05) is 18.8 Å². The molecule has 0 saturated carbocycles. The first-order valence-corrected chi connectivity index (χ1v) is 8.82. The molecule has 1 heterocycles. The van der Waals surface area contributed by atoms with Gasteiger partial charge >= 0.3 is 6.18 Å². The molecule has 2 aromatic carbocycles. The average Bonchev–Trinajstić information content (AvgIpc) is 2.61. The Morgan fingerprint density at radius 3 is 2.44 bits per heavy atom. The Bertz CT molecular complexity index is 853. The van der Waals surface area contributed by atoms with Gasteiger partial charge in [0.05, 0.1) is 40.1 Å². The van der Waals surface area contributed by atoms with E-state index in [1.165, 1.54) is 6.07 Å². The van der Waals surface area contributed by atoms with Crippen LogP contribution in [0.4, 0.5) is 24.5 Å². The summed E-state index contributed by atoms with van der Waals surface area (Å²) < 4.78 is 44.1. The molecule has 1 N–H and O–H groups in total. The number of nitrogens with one attached hydrogen (secondary N) is 1. The number of hydrogen-bond acceptors (Lipinski definition) is 3. The lowest BCUT2D eigenvalue weighted by molar-refractivity contribution is -0.137. The summed E-state index contributed by atoms with van der Waals surface area (Å²) in [6.45, 7) is 2.60. The van der Waals surface area contributed by atoms with Crippen LogP contribution in [-0.4, -0.2) is 32.2 Å². The van der Waals surface area contributed by atoms with Crippen molar-refractivity contribution >= 4 is 40.5 Å². The number of rotatable bonds is 3. The van der Waals surface area contributed by atoms with Crippen molar-refractivity contribution in [3.63, 3.8) is 0 Å². The van der Waals surface area contributed by atoms with E-state index in [1.807, 2.05) is 0 Å². The maximum absolute atomic E-state index is 12.9. The van der Waals surface area contributed by atoms with Gasteiger partial charge in [-0.2, -0.15) is 13.2 Å². The van der Waals surface area contributed by atoms with E-state index in [0.717, 1.165) is 17.8 Å². The van der Waals surface area contributed by atoms with Crippen molar-refractivity contribution in [3.8, 4) is 0 Å². The van der Waals surface area contributed by atoms with E-state index in [4.69, 9.17) is 27.9 Å². The Balaban J connectivity index is 1.80. The smallest absolute Gasteiger partial charge is 0.378 e. The van der Waals surface area contributed by atoms with Gasteiger partial charge in [-0.25, -0.2) is 0 Å². The number of amides is 1. The van der Waals surface area contributed by atoms with Crippen LogP contribution in [0.15, 0.2) is 36.4 Å². The van der Waals surface area contributed by atoms with Crippen LogP contribution in [0, 0.1) is 0 Å². The van der Waals surface area contributed by atoms with Crippen molar-refractivity contribution < 1.29 is 22.7 Å². The van der Waals surface area contributed by atoms with Crippen molar-refractivity contribution in [3.05, 3.63) is 57.6 Å². The summed E-state index contributed by atoms with van der Waals surface area (Å²) in [4.78, 5) is 14.4. The molecule has 1 aliphatic rings. The van der Waals surface area contributed by atoms with E-state index in [0.29, 0.717) is 37.0 Å². The van der Waals surface area contributed by atoms with Gasteiger partial charge in [-0.1, -0.05) is 29.3 Å². The molecule has 1 aliphatic heterocycles. The highest BCUT2D eigenvalue weighted by Crippen LogP contribution is 2.36. The Hall–Kier alpha value is -1.96. The van der Waals surface area contributed by atoms with Crippen LogP contribution in [-0.2, 0) is 10.9 Å². The van der Waals surface area contributed by atoms with Crippen molar-refractivity contribution in [1.29, 1.82) is 0 Å². The first-order valence-electron chi connectivity index (χ1n) is 8.06. The third-order valence-electron chi connectivity index (χ3n) is 4.11. The first kappa shape index (κ1) is 19.8.